The van der Waals surface area contributed by atoms with Gasteiger partial charge in [-0.1, -0.05) is 31.5 Å². The summed E-state index contributed by atoms with van der Waals surface area (Å²) >= 11 is 5.96. The first-order valence-electron chi connectivity index (χ1n) is 9.84. The Bertz CT molecular complexity index is 1000. The Morgan fingerprint density at radius 2 is 1.85 bits per heavy atom. The molecule has 2 rings (SSSR count). The van der Waals surface area contributed by atoms with Crippen LogP contribution < -0.4 is 21.7 Å². The molecule has 1 amide bonds. The summed E-state index contributed by atoms with van der Waals surface area (Å²) in [5, 5.41) is 8.29. The second-order valence-corrected chi connectivity index (χ2v) is 7.56. The second-order valence-electron chi connectivity index (χ2n) is 7.13. The van der Waals surface area contributed by atoms with Crippen molar-refractivity contribution in [2.24, 2.45) is 16.6 Å². The summed E-state index contributed by atoms with van der Waals surface area (Å²) in [5.74, 6) is -4.72. The first-order chi connectivity index (χ1) is 15.4. The number of hydrogen-bond acceptors (Lipinski definition) is 4. The second kappa shape index (κ2) is 11.4. The average molecular weight is 492 g/mol. The number of guanidine groups is 1. The van der Waals surface area contributed by atoms with Gasteiger partial charge in [0.25, 0.3) is 5.91 Å². The third kappa shape index (κ3) is 7.65. The van der Waals surface area contributed by atoms with E-state index in [9.17, 15) is 26.7 Å². The van der Waals surface area contributed by atoms with E-state index in [1.807, 2.05) is 0 Å². The van der Waals surface area contributed by atoms with Crippen LogP contribution in [0.25, 0.3) is 0 Å². The molecular weight excluding hydrogens is 469 g/mol. The van der Waals surface area contributed by atoms with E-state index in [-0.39, 0.29) is 18.1 Å². The number of nitrogens with one attached hydrogen (secondary N) is 3. The quantitative estimate of drug-likeness (QED) is 0.264. The number of hydrogen-bond donors (Lipinski definition) is 4. The van der Waals surface area contributed by atoms with Gasteiger partial charge in [0.05, 0.1) is 0 Å². The molecule has 0 aliphatic heterocycles. The topological polar surface area (TPSA) is 91.5 Å². The minimum atomic E-state index is -4.67. The number of alkyl halides is 3. The Morgan fingerprint density at radius 3 is 2.42 bits per heavy atom. The number of benzene rings is 2. The number of nitrogens with two attached hydrogens (primary N) is 1. The lowest BCUT2D eigenvalue weighted by atomic mass is 9.99. The summed E-state index contributed by atoms with van der Waals surface area (Å²) in [4.78, 5) is 16.8. The van der Waals surface area contributed by atoms with E-state index in [0.29, 0.717) is 16.8 Å². The molecule has 6 nitrogen and oxygen atoms in total. The maximum absolute atomic E-state index is 13.5. The maximum atomic E-state index is 13.5. The Labute approximate surface area is 192 Å². The molecule has 0 aromatic heterocycles. The minimum Gasteiger partial charge on any atom is -0.326 e. The Kier molecular flexibility index (Phi) is 9.15. The van der Waals surface area contributed by atoms with Crippen molar-refractivity contribution in [2.75, 3.05) is 11.9 Å². The van der Waals surface area contributed by atoms with Gasteiger partial charge >= 0.3 is 6.18 Å². The number of nitrogens with zero attached hydrogens (tertiary/aromatic N) is 1. The molecule has 0 spiro atoms. The van der Waals surface area contributed by atoms with Crippen molar-refractivity contribution in [3.63, 3.8) is 0 Å². The third-order valence-corrected chi connectivity index (χ3v) is 4.86. The summed E-state index contributed by atoms with van der Waals surface area (Å²) in [7, 11) is 0. The molecule has 0 saturated carbocycles. The van der Waals surface area contributed by atoms with Gasteiger partial charge in [0.1, 0.15) is 12.2 Å². The molecule has 2 aromatic rings. The maximum Gasteiger partial charge on any atom is 0.404 e. The molecule has 5 N–H and O–H groups in total. The number of carbonyl (C=O) groups is 1. The van der Waals surface area contributed by atoms with Gasteiger partial charge in [-0.3, -0.25) is 15.4 Å². The van der Waals surface area contributed by atoms with E-state index in [0.717, 1.165) is 12.1 Å². The average Bonchev–Trinajstić information content (AvgIpc) is 2.73. The van der Waals surface area contributed by atoms with Crippen LogP contribution in [-0.4, -0.2) is 36.8 Å². The molecule has 3 unspecified atom stereocenters. The third-order valence-electron chi connectivity index (χ3n) is 4.62. The standard InChI is InChI=1S/C21H23ClF5N5O/c1-3-29-18(11(2)17(28)21(25,26)27)31-20(30-14-6-4-5-13(22)10-14)32-19(33)12-7-8-15(23)16(24)9-12/h4-11,17-18,29H,3,28H2,1-2H3,(H2,30,31,32,33). The number of halogens is 6. The highest BCUT2D eigenvalue weighted by Gasteiger charge is 2.43. The zero-order chi connectivity index (χ0) is 24.8. The highest BCUT2D eigenvalue weighted by atomic mass is 35.5. The monoisotopic (exact) mass is 491 g/mol. The largest absolute Gasteiger partial charge is 0.404 e. The lowest BCUT2D eigenvalue weighted by Gasteiger charge is -2.28. The summed E-state index contributed by atoms with van der Waals surface area (Å²) in [6.07, 6.45) is -5.82. The van der Waals surface area contributed by atoms with Gasteiger partial charge < -0.3 is 11.1 Å². The van der Waals surface area contributed by atoms with Crippen molar-refractivity contribution in [2.45, 2.75) is 32.2 Å². The fourth-order valence-electron chi connectivity index (χ4n) is 2.81. The highest BCUT2D eigenvalue weighted by Crippen LogP contribution is 2.26. The van der Waals surface area contributed by atoms with E-state index in [4.69, 9.17) is 17.3 Å². The molecule has 0 heterocycles. The molecule has 3 atom stereocenters. The lowest BCUT2D eigenvalue weighted by Crippen LogP contribution is -2.51. The summed E-state index contributed by atoms with van der Waals surface area (Å²) in [5.41, 5.74) is 5.50. The molecule has 0 bridgehead atoms. The van der Waals surface area contributed by atoms with E-state index in [1.54, 1.807) is 25.1 Å². The fourth-order valence-corrected chi connectivity index (χ4v) is 3.00. The van der Waals surface area contributed by atoms with Crippen molar-refractivity contribution < 1.29 is 26.7 Å². The van der Waals surface area contributed by atoms with E-state index in [2.05, 4.69) is 20.9 Å². The number of rotatable bonds is 7. The molecule has 0 fully saturated rings. The van der Waals surface area contributed by atoms with E-state index < -0.39 is 41.8 Å². The zero-order valence-corrected chi connectivity index (χ0v) is 18.4. The normalized spacial score (nSPS) is 15.0. The van der Waals surface area contributed by atoms with Crippen molar-refractivity contribution in [1.29, 1.82) is 0 Å². The Balaban J connectivity index is 2.41. The van der Waals surface area contributed by atoms with Gasteiger partial charge in [-0.15, -0.1) is 0 Å². The van der Waals surface area contributed by atoms with Crippen molar-refractivity contribution in [3.05, 3.63) is 64.7 Å². The number of aliphatic imine (C=N–C) groups is 1. The van der Waals surface area contributed by atoms with Crippen LogP contribution in [0.5, 0.6) is 0 Å². The van der Waals surface area contributed by atoms with Crippen LogP contribution in [0.4, 0.5) is 27.6 Å². The molecule has 180 valence electrons. The molecule has 33 heavy (non-hydrogen) atoms. The molecule has 12 heteroatoms. The van der Waals surface area contributed by atoms with Gasteiger partial charge in [-0.2, -0.15) is 13.2 Å². The lowest BCUT2D eigenvalue weighted by molar-refractivity contribution is -0.159. The van der Waals surface area contributed by atoms with Gasteiger partial charge in [0.2, 0.25) is 5.96 Å². The van der Waals surface area contributed by atoms with Crippen LogP contribution >= 0.6 is 11.6 Å². The Morgan fingerprint density at radius 1 is 1.15 bits per heavy atom. The first-order valence-corrected chi connectivity index (χ1v) is 10.2. The SMILES string of the molecule is CCNC(N=C(NC(=O)c1ccc(F)c(F)c1)Nc1cccc(Cl)c1)C(C)C(N)C(F)(F)F. The van der Waals surface area contributed by atoms with Crippen molar-refractivity contribution in [1.82, 2.24) is 10.6 Å². The van der Waals surface area contributed by atoms with Gasteiger partial charge in [-0.05, 0) is 42.9 Å². The van der Waals surface area contributed by atoms with Gasteiger partial charge in [0, 0.05) is 22.2 Å². The van der Waals surface area contributed by atoms with Crippen LogP contribution in [0.15, 0.2) is 47.5 Å². The summed E-state index contributed by atoms with van der Waals surface area (Å²) < 4.78 is 66.2. The van der Waals surface area contributed by atoms with Gasteiger partial charge in [0.15, 0.2) is 11.6 Å². The number of carbonyl (C=O) groups excluding carboxylic acids is 1. The molecule has 0 radical (unpaired) electrons. The van der Waals surface area contributed by atoms with E-state index >= 15 is 0 Å². The fraction of sp³-hybridized carbons (Fsp3) is 0.333. The van der Waals surface area contributed by atoms with Crippen molar-refractivity contribution >= 4 is 29.2 Å². The summed E-state index contributed by atoms with van der Waals surface area (Å²) in [6.45, 7) is 3.19. The van der Waals surface area contributed by atoms with Crippen LogP contribution in [0.2, 0.25) is 5.02 Å². The van der Waals surface area contributed by atoms with Crippen LogP contribution in [-0.2, 0) is 0 Å². The van der Waals surface area contributed by atoms with E-state index in [1.165, 1.54) is 13.0 Å². The predicted molar refractivity (Wildman–Crippen MR) is 117 cm³/mol. The predicted octanol–water partition coefficient (Wildman–Crippen LogP) is 4.28. The van der Waals surface area contributed by atoms with Crippen LogP contribution in [0, 0.1) is 17.6 Å². The number of anilines is 1. The Hall–Kier alpha value is -2.76. The zero-order valence-electron chi connectivity index (χ0n) is 17.7. The van der Waals surface area contributed by atoms with Gasteiger partial charge in [-0.25, -0.2) is 13.8 Å². The molecule has 0 aliphatic carbocycles. The molecule has 2 aromatic carbocycles. The molecule has 0 aliphatic rings. The first kappa shape index (κ1) is 26.5. The molecular formula is C21H23ClF5N5O. The number of amides is 1. The van der Waals surface area contributed by atoms with Crippen LogP contribution in [0.1, 0.15) is 24.2 Å². The van der Waals surface area contributed by atoms with Crippen molar-refractivity contribution in [3.8, 4) is 0 Å². The minimum absolute atomic E-state index is 0.227. The van der Waals surface area contributed by atoms with Crippen LogP contribution in [0.3, 0.4) is 0 Å². The highest BCUT2D eigenvalue weighted by molar-refractivity contribution is 6.31. The summed E-state index contributed by atoms with van der Waals surface area (Å²) in [6, 6.07) is 6.59. The molecule has 0 saturated heterocycles. The smallest absolute Gasteiger partial charge is 0.326 e.